The summed E-state index contributed by atoms with van der Waals surface area (Å²) < 4.78 is 5.54. The molecule has 0 aliphatic carbocycles. The molecule has 0 spiro atoms. The van der Waals surface area contributed by atoms with Crippen molar-refractivity contribution >= 4 is 0 Å². The summed E-state index contributed by atoms with van der Waals surface area (Å²) in [7, 11) is 0. The van der Waals surface area contributed by atoms with Gasteiger partial charge in [0, 0.05) is 6.61 Å². The lowest BCUT2D eigenvalue weighted by Gasteiger charge is -1.98. The summed E-state index contributed by atoms with van der Waals surface area (Å²) in [5.41, 5.74) is 0. The van der Waals surface area contributed by atoms with E-state index in [1.54, 1.807) is 0 Å². The first-order valence-corrected chi connectivity index (χ1v) is 6.64. The fourth-order valence-corrected chi connectivity index (χ4v) is 2.11. The van der Waals surface area contributed by atoms with E-state index in [0.717, 1.165) is 12.8 Å². The van der Waals surface area contributed by atoms with E-state index in [4.69, 9.17) is 9.84 Å². The van der Waals surface area contributed by atoms with Crippen LogP contribution in [0.5, 0.6) is 0 Å². The maximum atomic E-state index is 8.67. The van der Waals surface area contributed by atoms with E-state index in [2.05, 4.69) is 6.92 Å². The zero-order valence-corrected chi connectivity index (χ0v) is 10.1. The van der Waals surface area contributed by atoms with Crippen LogP contribution >= 0.6 is 0 Å². The second kappa shape index (κ2) is 8.12. The molecule has 2 atom stereocenters. The van der Waals surface area contributed by atoms with Crippen molar-refractivity contribution in [1.82, 2.24) is 0 Å². The largest absolute Gasteiger partial charge is 0.396 e. The van der Waals surface area contributed by atoms with Crippen molar-refractivity contribution in [3.8, 4) is 0 Å². The molecule has 0 aromatic rings. The Morgan fingerprint density at radius 3 is 2.13 bits per heavy atom. The van der Waals surface area contributed by atoms with Crippen molar-refractivity contribution in [1.29, 1.82) is 0 Å². The third-order valence-corrected chi connectivity index (χ3v) is 3.18. The van der Waals surface area contributed by atoms with Crippen molar-refractivity contribution in [2.24, 2.45) is 0 Å². The van der Waals surface area contributed by atoms with Gasteiger partial charge in [0.25, 0.3) is 0 Å². The summed E-state index contributed by atoms with van der Waals surface area (Å²) >= 11 is 0. The molecule has 0 radical (unpaired) electrons. The van der Waals surface area contributed by atoms with Gasteiger partial charge in [-0.2, -0.15) is 0 Å². The number of hydrogen-bond acceptors (Lipinski definition) is 2. The average Bonchev–Trinajstić information content (AvgIpc) is 2.99. The molecule has 2 nitrogen and oxygen atoms in total. The van der Waals surface area contributed by atoms with Crippen LogP contribution in [0.25, 0.3) is 0 Å². The van der Waals surface area contributed by atoms with Crippen LogP contribution < -0.4 is 0 Å². The van der Waals surface area contributed by atoms with Gasteiger partial charge in [-0.25, -0.2) is 0 Å². The Kier molecular flexibility index (Phi) is 7.03. The van der Waals surface area contributed by atoms with Gasteiger partial charge in [0.1, 0.15) is 0 Å². The standard InChI is InChI=1S/C13H26O2/c1-2-3-4-5-6-7-9-12-13(15-12)10-8-11-14/h12-14H,2-11H2,1H3. The van der Waals surface area contributed by atoms with Crippen LogP contribution in [0.15, 0.2) is 0 Å². The molecule has 0 saturated carbocycles. The van der Waals surface area contributed by atoms with Gasteiger partial charge in [-0.3, -0.25) is 0 Å². The van der Waals surface area contributed by atoms with Crippen molar-refractivity contribution in [2.45, 2.75) is 76.9 Å². The molecule has 0 bridgehead atoms. The molecule has 0 aromatic carbocycles. The van der Waals surface area contributed by atoms with E-state index < -0.39 is 0 Å². The summed E-state index contributed by atoms with van der Waals surface area (Å²) in [5.74, 6) is 0. The van der Waals surface area contributed by atoms with Crippen LogP contribution in [0, 0.1) is 0 Å². The zero-order valence-electron chi connectivity index (χ0n) is 10.1. The summed E-state index contributed by atoms with van der Waals surface area (Å²) in [6.07, 6.45) is 12.4. The molecule has 1 aliphatic rings. The SMILES string of the molecule is CCCCCCCCC1OC1CCCO. The van der Waals surface area contributed by atoms with Gasteiger partial charge in [0.2, 0.25) is 0 Å². The summed E-state index contributed by atoms with van der Waals surface area (Å²) in [4.78, 5) is 0. The minimum Gasteiger partial charge on any atom is -0.396 e. The predicted molar refractivity (Wildman–Crippen MR) is 63.0 cm³/mol. The molecule has 2 unspecified atom stereocenters. The molecule has 1 heterocycles. The molecule has 1 saturated heterocycles. The Morgan fingerprint density at radius 2 is 1.47 bits per heavy atom. The maximum Gasteiger partial charge on any atom is 0.0842 e. The van der Waals surface area contributed by atoms with E-state index in [9.17, 15) is 0 Å². The van der Waals surface area contributed by atoms with Crippen LogP contribution in [0.2, 0.25) is 0 Å². The number of rotatable bonds is 10. The Morgan fingerprint density at radius 1 is 0.867 bits per heavy atom. The topological polar surface area (TPSA) is 32.8 Å². The molecule has 15 heavy (non-hydrogen) atoms. The highest BCUT2D eigenvalue weighted by Crippen LogP contribution is 2.30. The summed E-state index contributed by atoms with van der Waals surface area (Å²) in [6, 6.07) is 0. The van der Waals surface area contributed by atoms with Crippen LogP contribution in [-0.4, -0.2) is 23.9 Å². The number of aliphatic hydroxyl groups is 1. The normalized spacial score (nSPS) is 24.4. The smallest absolute Gasteiger partial charge is 0.0842 e. The van der Waals surface area contributed by atoms with Crippen LogP contribution in [0.1, 0.15) is 64.7 Å². The quantitative estimate of drug-likeness (QED) is 0.447. The van der Waals surface area contributed by atoms with Crippen molar-refractivity contribution in [3.63, 3.8) is 0 Å². The number of aliphatic hydroxyl groups excluding tert-OH is 1. The van der Waals surface area contributed by atoms with Crippen molar-refractivity contribution in [2.75, 3.05) is 6.61 Å². The summed E-state index contributed by atoms with van der Waals surface area (Å²) in [6.45, 7) is 2.56. The lowest BCUT2D eigenvalue weighted by Crippen LogP contribution is -1.96. The first kappa shape index (κ1) is 13.0. The van der Waals surface area contributed by atoms with E-state index >= 15 is 0 Å². The molecule has 90 valence electrons. The van der Waals surface area contributed by atoms with E-state index in [1.165, 1.54) is 44.9 Å². The van der Waals surface area contributed by atoms with Crippen LogP contribution in [0.3, 0.4) is 0 Å². The van der Waals surface area contributed by atoms with Crippen LogP contribution in [-0.2, 0) is 4.74 Å². The lowest BCUT2D eigenvalue weighted by atomic mass is 10.1. The molecule has 0 amide bonds. The van der Waals surface area contributed by atoms with Gasteiger partial charge in [0.15, 0.2) is 0 Å². The summed E-state index contributed by atoms with van der Waals surface area (Å²) in [5, 5.41) is 8.67. The van der Waals surface area contributed by atoms with Crippen molar-refractivity contribution in [3.05, 3.63) is 0 Å². The molecular weight excluding hydrogens is 188 g/mol. The minimum absolute atomic E-state index is 0.309. The van der Waals surface area contributed by atoms with Crippen molar-refractivity contribution < 1.29 is 9.84 Å². The van der Waals surface area contributed by atoms with Gasteiger partial charge in [0.05, 0.1) is 12.2 Å². The fraction of sp³-hybridized carbons (Fsp3) is 1.00. The van der Waals surface area contributed by atoms with Gasteiger partial charge < -0.3 is 9.84 Å². The Bertz CT molecular complexity index is 147. The highest BCUT2D eigenvalue weighted by molar-refractivity contribution is 4.84. The Balaban J connectivity index is 1.78. The first-order chi connectivity index (χ1) is 7.38. The first-order valence-electron chi connectivity index (χ1n) is 6.64. The van der Waals surface area contributed by atoms with Gasteiger partial charge in [-0.1, -0.05) is 45.4 Å². The molecular formula is C13H26O2. The Labute approximate surface area is 94.0 Å². The number of epoxide rings is 1. The maximum absolute atomic E-state index is 8.67. The molecule has 1 rings (SSSR count). The molecule has 1 N–H and O–H groups in total. The van der Waals surface area contributed by atoms with Gasteiger partial charge >= 0.3 is 0 Å². The predicted octanol–water partition coefficient (Wildman–Crippen LogP) is 3.28. The zero-order chi connectivity index (χ0) is 10.9. The number of unbranched alkanes of at least 4 members (excludes halogenated alkanes) is 5. The molecule has 2 heteroatoms. The van der Waals surface area contributed by atoms with Gasteiger partial charge in [-0.05, 0) is 19.3 Å². The second-order valence-electron chi connectivity index (χ2n) is 4.64. The Hall–Kier alpha value is -0.0800. The lowest BCUT2D eigenvalue weighted by molar-refractivity contribution is 0.272. The number of ether oxygens (including phenoxy) is 1. The third kappa shape index (κ3) is 6.16. The molecule has 0 aromatic heterocycles. The van der Waals surface area contributed by atoms with Crippen LogP contribution in [0.4, 0.5) is 0 Å². The van der Waals surface area contributed by atoms with E-state index in [0.29, 0.717) is 18.8 Å². The second-order valence-corrected chi connectivity index (χ2v) is 4.64. The fourth-order valence-electron chi connectivity index (χ4n) is 2.11. The average molecular weight is 214 g/mol. The monoisotopic (exact) mass is 214 g/mol. The highest BCUT2D eigenvalue weighted by Gasteiger charge is 2.36. The molecule has 1 aliphatic heterocycles. The number of hydrogen-bond donors (Lipinski definition) is 1. The van der Waals surface area contributed by atoms with Gasteiger partial charge in [-0.15, -0.1) is 0 Å². The highest BCUT2D eigenvalue weighted by atomic mass is 16.6. The molecule has 1 fully saturated rings. The van der Waals surface area contributed by atoms with E-state index in [-0.39, 0.29) is 0 Å². The third-order valence-electron chi connectivity index (χ3n) is 3.18. The van der Waals surface area contributed by atoms with E-state index in [1.807, 2.05) is 0 Å². The minimum atomic E-state index is 0.309.